The van der Waals surface area contributed by atoms with Crippen molar-refractivity contribution in [2.45, 2.75) is 11.5 Å². The highest BCUT2D eigenvalue weighted by Crippen LogP contribution is 2.25. The van der Waals surface area contributed by atoms with Crippen molar-refractivity contribution < 1.29 is 27.1 Å². The summed E-state index contributed by atoms with van der Waals surface area (Å²) in [4.78, 5) is 12.1. The van der Waals surface area contributed by atoms with Crippen LogP contribution in [0, 0.1) is 5.82 Å². The third-order valence-electron chi connectivity index (χ3n) is 3.29. The summed E-state index contributed by atoms with van der Waals surface area (Å²) in [5.41, 5.74) is 0.288. The maximum Gasteiger partial charge on any atom is 0.573 e. The quantitative estimate of drug-likeness (QED) is 0.453. The molecule has 0 fully saturated rings. The molecule has 1 aromatic heterocycles. The zero-order chi connectivity index (χ0) is 21.0. The highest BCUT2D eigenvalue weighted by molar-refractivity contribution is 7.99. The minimum atomic E-state index is -4.80. The van der Waals surface area contributed by atoms with Crippen LogP contribution in [0.25, 0.3) is 5.69 Å². The highest BCUT2D eigenvalue weighted by atomic mass is 35.5. The van der Waals surface area contributed by atoms with E-state index in [1.165, 1.54) is 28.9 Å². The van der Waals surface area contributed by atoms with E-state index in [1.807, 2.05) is 0 Å². The zero-order valence-electron chi connectivity index (χ0n) is 14.2. The number of nitrogens with one attached hydrogen (secondary N) is 1. The average molecular weight is 448 g/mol. The van der Waals surface area contributed by atoms with Gasteiger partial charge in [0, 0.05) is 5.02 Å². The van der Waals surface area contributed by atoms with Gasteiger partial charge in [0.25, 0.3) is 0 Å². The first-order valence-corrected chi connectivity index (χ1v) is 9.10. The van der Waals surface area contributed by atoms with E-state index >= 15 is 0 Å². The lowest BCUT2D eigenvalue weighted by Crippen LogP contribution is -2.17. The SMILES string of the molecule is O=C(CSc1nnnn1-c1ccc(OC(F)(F)F)cc1)Nc1cc(Cl)ccc1F. The number of ether oxygens (including phenoxy) is 1. The number of aromatic nitrogens is 4. The molecule has 1 heterocycles. The summed E-state index contributed by atoms with van der Waals surface area (Å²) in [6.07, 6.45) is -4.80. The van der Waals surface area contributed by atoms with Crippen LogP contribution < -0.4 is 10.1 Å². The van der Waals surface area contributed by atoms with Crippen molar-refractivity contribution in [1.29, 1.82) is 0 Å². The molecular formula is C16H10ClF4N5O2S. The molecule has 0 unspecified atom stereocenters. The Morgan fingerprint density at radius 3 is 2.62 bits per heavy atom. The molecule has 0 aliphatic heterocycles. The number of amides is 1. The van der Waals surface area contributed by atoms with E-state index in [2.05, 4.69) is 25.6 Å². The zero-order valence-corrected chi connectivity index (χ0v) is 15.7. The third kappa shape index (κ3) is 5.81. The second kappa shape index (κ2) is 8.66. The van der Waals surface area contributed by atoms with Crippen molar-refractivity contribution in [1.82, 2.24) is 20.2 Å². The monoisotopic (exact) mass is 447 g/mol. The molecule has 1 amide bonds. The Labute approximate surface area is 170 Å². The van der Waals surface area contributed by atoms with Crippen LogP contribution >= 0.6 is 23.4 Å². The molecule has 0 radical (unpaired) electrons. The molecule has 0 saturated carbocycles. The minimum absolute atomic E-state index is 0.0667. The van der Waals surface area contributed by atoms with E-state index in [0.717, 1.165) is 30.0 Å². The summed E-state index contributed by atoms with van der Waals surface area (Å²) in [6, 6.07) is 8.60. The molecule has 3 rings (SSSR count). The minimum Gasteiger partial charge on any atom is -0.406 e. The van der Waals surface area contributed by atoms with Gasteiger partial charge in [-0.2, -0.15) is 4.68 Å². The van der Waals surface area contributed by atoms with Crippen LogP contribution in [0.5, 0.6) is 5.75 Å². The molecule has 0 aliphatic rings. The summed E-state index contributed by atoms with van der Waals surface area (Å²) in [5, 5.41) is 13.8. The Bertz CT molecular complexity index is 1010. The van der Waals surface area contributed by atoms with Gasteiger partial charge >= 0.3 is 6.36 Å². The van der Waals surface area contributed by atoms with Crippen molar-refractivity contribution in [3.8, 4) is 11.4 Å². The van der Waals surface area contributed by atoms with E-state index in [0.29, 0.717) is 5.69 Å². The molecule has 0 bridgehead atoms. The maximum absolute atomic E-state index is 13.7. The summed E-state index contributed by atoms with van der Waals surface area (Å²) in [6.45, 7) is 0. The Kier molecular flexibility index (Phi) is 6.23. The lowest BCUT2D eigenvalue weighted by molar-refractivity contribution is -0.274. The molecule has 0 spiro atoms. The topological polar surface area (TPSA) is 81.9 Å². The fourth-order valence-electron chi connectivity index (χ4n) is 2.13. The number of hydrogen-bond acceptors (Lipinski definition) is 6. The number of carbonyl (C=O) groups excluding carboxylic acids is 1. The van der Waals surface area contributed by atoms with Crippen LogP contribution in [-0.4, -0.2) is 38.2 Å². The number of alkyl halides is 3. The summed E-state index contributed by atoms with van der Waals surface area (Å²) in [7, 11) is 0. The molecule has 0 aliphatic carbocycles. The molecule has 29 heavy (non-hydrogen) atoms. The molecule has 3 aromatic rings. The summed E-state index contributed by atoms with van der Waals surface area (Å²) in [5.74, 6) is -1.72. The number of anilines is 1. The molecule has 13 heteroatoms. The fourth-order valence-corrected chi connectivity index (χ4v) is 2.99. The van der Waals surface area contributed by atoms with Crippen molar-refractivity contribution in [2.75, 3.05) is 11.1 Å². The van der Waals surface area contributed by atoms with Crippen LogP contribution in [0.1, 0.15) is 0 Å². The van der Waals surface area contributed by atoms with E-state index in [1.54, 1.807) is 0 Å². The number of tetrazole rings is 1. The van der Waals surface area contributed by atoms with Crippen molar-refractivity contribution in [3.63, 3.8) is 0 Å². The first-order chi connectivity index (χ1) is 13.7. The van der Waals surface area contributed by atoms with Gasteiger partial charge < -0.3 is 10.1 Å². The van der Waals surface area contributed by atoms with Gasteiger partial charge in [-0.1, -0.05) is 23.4 Å². The van der Waals surface area contributed by atoms with Crippen molar-refractivity contribution in [2.24, 2.45) is 0 Å². The Morgan fingerprint density at radius 1 is 1.21 bits per heavy atom. The van der Waals surface area contributed by atoms with E-state index < -0.39 is 23.8 Å². The van der Waals surface area contributed by atoms with Gasteiger partial charge in [0.2, 0.25) is 11.1 Å². The van der Waals surface area contributed by atoms with E-state index in [-0.39, 0.29) is 21.6 Å². The number of halogens is 5. The van der Waals surface area contributed by atoms with Crippen LogP contribution in [0.4, 0.5) is 23.2 Å². The molecule has 152 valence electrons. The van der Waals surface area contributed by atoms with Crippen LogP contribution in [0.3, 0.4) is 0 Å². The number of rotatable bonds is 6. The molecule has 0 saturated heterocycles. The Hall–Kier alpha value is -2.86. The van der Waals surface area contributed by atoms with Gasteiger partial charge in [-0.3, -0.25) is 4.79 Å². The standard InChI is InChI=1S/C16H10ClF4N5O2S/c17-9-1-6-12(18)13(7-9)22-14(27)8-29-15-23-24-25-26(15)10-2-4-11(5-3-10)28-16(19,20)21/h1-7H,8H2,(H,22,27). The first-order valence-electron chi connectivity index (χ1n) is 7.73. The predicted octanol–water partition coefficient (Wildman–Crippen LogP) is 4.08. The molecular weight excluding hydrogens is 438 g/mol. The van der Waals surface area contributed by atoms with Crippen molar-refractivity contribution >= 4 is 35.0 Å². The van der Waals surface area contributed by atoms with Crippen molar-refractivity contribution in [3.05, 3.63) is 53.3 Å². The van der Waals surface area contributed by atoms with Crippen LogP contribution in [-0.2, 0) is 4.79 Å². The van der Waals surface area contributed by atoms with E-state index in [4.69, 9.17) is 11.6 Å². The van der Waals surface area contributed by atoms with Crippen LogP contribution in [0.2, 0.25) is 5.02 Å². The van der Waals surface area contributed by atoms with Gasteiger partial charge in [0.05, 0.1) is 17.1 Å². The molecule has 2 aromatic carbocycles. The number of benzene rings is 2. The van der Waals surface area contributed by atoms with Gasteiger partial charge in [0.15, 0.2) is 0 Å². The number of thioether (sulfide) groups is 1. The van der Waals surface area contributed by atoms with Crippen LogP contribution in [0.15, 0.2) is 47.6 Å². The van der Waals surface area contributed by atoms with E-state index in [9.17, 15) is 22.4 Å². The lowest BCUT2D eigenvalue weighted by atomic mass is 10.3. The third-order valence-corrected chi connectivity index (χ3v) is 4.45. The number of nitrogens with zero attached hydrogens (tertiary/aromatic N) is 4. The summed E-state index contributed by atoms with van der Waals surface area (Å²) < 4.78 is 55.4. The van der Waals surface area contributed by atoms with Gasteiger partial charge in [0.1, 0.15) is 11.6 Å². The lowest BCUT2D eigenvalue weighted by Gasteiger charge is -2.09. The normalized spacial score (nSPS) is 11.3. The second-order valence-electron chi connectivity index (χ2n) is 5.38. The van der Waals surface area contributed by atoms with Gasteiger partial charge in [-0.25, -0.2) is 4.39 Å². The highest BCUT2D eigenvalue weighted by Gasteiger charge is 2.31. The second-order valence-corrected chi connectivity index (χ2v) is 6.75. The molecule has 1 N–H and O–H groups in total. The average Bonchev–Trinajstić information content (AvgIpc) is 3.11. The maximum atomic E-state index is 13.7. The predicted molar refractivity (Wildman–Crippen MR) is 96.6 cm³/mol. The number of hydrogen-bond donors (Lipinski definition) is 1. The Balaban J connectivity index is 1.64. The first kappa shape index (κ1) is 20.9. The number of carbonyl (C=O) groups is 1. The molecule has 0 atom stereocenters. The molecule has 7 nitrogen and oxygen atoms in total. The van der Waals surface area contributed by atoms with Gasteiger partial charge in [-0.05, 0) is 52.9 Å². The van der Waals surface area contributed by atoms with Gasteiger partial charge in [-0.15, -0.1) is 18.3 Å². The smallest absolute Gasteiger partial charge is 0.406 e. The Morgan fingerprint density at radius 2 is 1.93 bits per heavy atom. The fraction of sp³-hybridized carbons (Fsp3) is 0.125. The largest absolute Gasteiger partial charge is 0.573 e. The summed E-state index contributed by atoms with van der Waals surface area (Å²) >= 11 is 6.72.